The molecule has 10 heteroatoms. The SMILES string of the molecule is Cc1nsc2nc(Cc3cnn(C4CCOCC4)c3)nc(NC3CCC(N4CC5CC(C4)N5)CC3)c12. The Morgan fingerprint density at radius 1 is 1.06 bits per heavy atom. The number of hydrogen-bond acceptors (Lipinski definition) is 9. The van der Waals surface area contributed by atoms with Crippen molar-refractivity contribution >= 4 is 27.6 Å². The van der Waals surface area contributed by atoms with Crippen molar-refractivity contribution in [2.24, 2.45) is 0 Å². The fourth-order valence-electron chi connectivity index (χ4n) is 6.64. The van der Waals surface area contributed by atoms with Crippen molar-refractivity contribution in [3.8, 4) is 0 Å². The van der Waals surface area contributed by atoms with Gasteiger partial charge in [0.15, 0.2) is 0 Å². The summed E-state index contributed by atoms with van der Waals surface area (Å²) in [6.45, 7) is 6.17. The van der Waals surface area contributed by atoms with Crippen molar-refractivity contribution in [1.29, 1.82) is 0 Å². The summed E-state index contributed by atoms with van der Waals surface area (Å²) in [5.41, 5.74) is 2.17. The number of aromatic nitrogens is 5. The number of piperazine rings is 1. The van der Waals surface area contributed by atoms with Crippen LogP contribution in [0.25, 0.3) is 10.2 Å². The molecule has 2 atom stereocenters. The molecule has 36 heavy (non-hydrogen) atoms. The highest BCUT2D eigenvalue weighted by molar-refractivity contribution is 7.13. The van der Waals surface area contributed by atoms with E-state index in [1.54, 1.807) is 0 Å². The maximum Gasteiger partial charge on any atom is 0.149 e. The van der Waals surface area contributed by atoms with Crippen molar-refractivity contribution in [1.82, 2.24) is 34.3 Å². The molecule has 2 N–H and O–H groups in total. The first-order valence-corrected chi connectivity index (χ1v) is 14.5. The van der Waals surface area contributed by atoms with Crippen LogP contribution in [0.3, 0.4) is 0 Å². The average Bonchev–Trinajstić information content (AvgIpc) is 3.51. The number of hydrogen-bond donors (Lipinski definition) is 2. The molecule has 0 amide bonds. The Bertz CT molecular complexity index is 1200. The topological polar surface area (TPSA) is 93.0 Å². The lowest BCUT2D eigenvalue weighted by Crippen LogP contribution is -2.68. The van der Waals surface area contributed by atoms with Gasteiger partial charge in [-0.2, -0.15) is 9.47 Å². The molecular formula is C26H36N8OS. The lowest BCUT2D eigenvalue weighted by molar-refractivity contribution is 0.0320. The van der Waals surface area contributed by atoms with E-state index in [1.807, 2.05) is 6.20 Å². The van der Waals surface area contributed by atoms with Crippen LogP contribution in [0.5, 0.6) is 0 Å². The van der Waals surface area contributed by atoms with Gasteiger partial charge in [-0.15, -0.1) is 0 Å². The monoisotopic (exact) mass is 508 g/mol. The van der Waals surface area contributed by atoms with Gasteiger partial charge in [0, 0.05) is 63.1 Å². The van der Waals surface area contributed by atoms with Gasteiger partial charge in [0.1, 0.15) is 16.5 Å². The largest absolute Gasteiger partial charge is 0.381 e. The second-order valence-electron chi connectivity index (χ2n) is 11.2. The summed E-state index contributed by atoms with van der Waals surface area (Å²) in [6.07, 6.45) is 13.2. The minimum Gasteiger partial charge on any atom is -0.381 e. The van der Waals surface area contributed by atoms with E-state index in [1.165, 1.54) is 56.7 Å². The molecule has 4 saturated heterocycles. The van der Waals surface area contributed by atoms with Gasteiger partial charge in [-0.05, 0) is 69.0 Å². The van der Waals surface area contributed by atoms with Gasteiger partial charge in [-0.3, -0.25) is 9.58 Å². The first kappa shape index (κ1) is 23.0. The first-order valence-electron chi connectivity index (χ1n) is 13.7. The number of fused-ring (bicyclic) bond motifs is 3. The van der Waals surface area contributed by atoms with Crippen LogP contribution in [0.2, 0.25) is 0 Å². The maximum absolute atomic E-state index is 5.51. The van der Waals surface area contributed by atoms with E-state index >= 15 is 0 Å². The number of rotatable bonds is 6. The summed E-state index contributed by atoms with van der Waals surface area (Å²) in [7, 11) is 0. The molecule has 0 aromatic carbocycles. The van der Waals surface area contributed by atoms with Gasteiger partial charge in [-0.1, -0.05) is 0 Å². The molecule has 8 rings (SSSR count). The second-order valence-corrected chi connectivity index (χ2v) is 11.9. The fraction of sp³-hybridized carbons (Fsp3) is 0.692. The van der Waals surface area contributed by atoms with Crippen LogP contribution in [-0.2, 0) is 11.2 Å². The minimum atomic E-state index is 0.430. The van der Waals surface area contributed by atoms with Gasteiger partial charge in [0.2, 0.25) is 0 Å². The number of ether oxygens (including phenoxy) is 1. The lowest BCUT2D eigenvalue weighted by Gasteiger charge is -2.51. The van der Waals surface area contributed by atoms with Crippen LogP contribution < -0.4 is 10.6 Å². The van der Waals surface area contributed by atoms with Crippen LogP contribution in [0.4, 0.5) is 5.82 Å². The Morgan fingerprint density at radius 2 is 1.83 bits per heavy atom. The van der Waals surface area contributed by atoms with Crippen molar-refractivity contribution in [3.63, 3.8) is 0 Å². The molecule has 5 fully saturated rings. The molecule has 7 heterocycles. The zero-order chi connectivity index (χ0) is 24.1. The molecule has 1 aliphatic carbocycles. The maximum atomic E-state index is 5.51. The van der Waals surface area contributed by atoms with E-state index in [9.17, 15) is 0 Å². The van der Waals surface area contributed by atoms with E-state index in [0.717, 1.165) is 77.3 Å². The Hall–Kier alpha value is -2.14. The number of nitrogens with one attached hydrogen (secondary N) is 2. The van der Waals surface area contributed by atoms with Crippen molar-refractivity contribution < 1.29 is 4.74 Å². The summed E-state index contributed by atoms with van der Waals surface area (Å²) in [5, 5.41) is 13.2. The van der Waals surface area contributed by atoms with E-state index < -0.39 is 0 Å². The number of anilines is 1. The number of aryl methyl sites for hydroxylation is 1. The molecular weight excluding hydrogens is 472 g/mol. The summed E-state index contributed by atoms with van der Waals surface area (Å²) < 4.78 is 12.2. The highest BCUT2D eigenvalue weighted by atomic mass is 32.1. The summed E-state index contributed by atoms with van der Waals surface area (Å²) in [5.74, 6) is 1.80. The molecule has 192 valence electrons. The van der Waals surface area contributed by atoms with Crippen LogP contribution in [0.1, 0.15) is 68.1 Å². The summed E-state index contributed by atoms with van der Waals surface area (Å²) in [4.78, 5) is 13.7. The highest BCUT2D eigenvalue weighted by Gasteiger charge is 2.39. The average molecular weight is 509 g/mol. The van der Waals surface area contributed by atoms with Crippen LogP contribution in [0.15, 0.2) is 12.4 Å². The molecule has 0 radical (unpaired) electrons. The number of piperidine rings is 1. The van der Waals surface area contributed by atoms with Crippen LogP contribution in [-0.4, -0.2) is 79.5 Å². The van der Waals surface area contributed by atoms with Gasteiger partial charge < -0.3 is 15.4 Å². The minimum absolute atomic E-state index is 0.430. The van der Waals surface area contributed by atoms with E-state index in [4.69, 9.17) is 14.7 Å². The molecule has 9 nitrogen and oxygen atoms in total. The van der Waals surface area contributed by atoms with Gasteiger partial charge in [-0.25, -0.2) is 9.97 Å². The molecule has 0 spiro atoms. The second kappa shape index (κ2) is 9.63. The van der Waals surface area contributed by atoms with Crippen LogP contribution in [0, 0.1) is 6.92 Å². The van der Waals surface area contributed by atoms with Crippen molar-refractivity contribution in [2.45, 2.75) is 88.5 Å². The van der Waals surface area contributed by atoms with E-state index in [2.05, 4.69) is 42.8 Å². The molecule has 1 saturated carbocycles. The third-order valence-electron chi connectivity index (χ3n) is 8.64. The Balaban J connectivity index is 1.04. The molecule has 3 aromatic rings. The predicted octanol–water partition coefficient (Wildman–Crippen LogP) is 3.30. The first-order chi connectivity index (χ1) is 17.7. The normalized spacial score (nSPS) is 29.4. The Morgan fingerprint density at radius 3 is 2.61 bits per heavy atom. The smallest absolute Gasteiger partial charge is 0.149 e. The van der Waals surface area contributed by atoms with Crippen molar-refractivity contribution in [3.05, 3.63) is 29.5 Å². The number of nitrogens with zero attached hydrogens (tertiary/aromatic N) is 6. The molecule has 2 unspecified atom stereocenters. The zero-order valence-electron chi connectivity index (χ0n) is 21.0. The van der Waals surface area contributed by atoms with Crippen molar-refractivity contribution in [2.75, 3.05) is 31.6 Å². The summed E-state index contributed by atoms with van der Waals surface area (Å²) in [6, 6.07) is 3.11. The summed E-state index contributed by atoms with van der Waals surface area (Å²) >= 11 is 1.48. The molecule has 5 aliphatic rings. The lowest BCUT2D eigenvalue weighted by atomic mass is 9.85. The standard InChI is InChI=1S/C26H36N8OS/c1-16-24-25(29-18-2-4-21(5-3-18)33-14-19-11-20(15-33)28-19)30-23(31-26(24)36-32-16)10-17-12-27-34(13-17)22-6-8-35-9-7-22/h12-13,18-22,28H,2-11,14-15H2,1H3,(H,29,30,31). The van der Waals surface area contributed by atoms with Gasteiger partial charge >= 0.3 is 0 Å². The van der Waals surface area contributed by atoms with Gasteiger partial charge in [0.25, 0.3) is 0 Å². The predicted molar refractivity (Wildman–Crippen MR) is 141 cm³/mol. The van der Waals surface area contributed by atoms with E-state index in [0.29, 0.717) is 18.5 Å². The highest BCUT2D eigenvalue weighted by Crippen LogP contribution is 2.33. The third-order valence-corrected chi connectivity index (χ3v) is 9.47. The third kappa shape index (κ3) is 4.53. The Kier molecular flexibility index (Phi) is 6.15. The quantitative estimate of drug-likeness (QED) is 0.524. The molecule has 3 aromatic heterocycles. The molecule has 2 bridgehead atoms. The Labute approximate surface area is 216 Å². The van der Waals surface area contributed by atoms with Crippen LogP contribution >= 0.6 is 11.5 Å². The van der Waals surface area contributed by atoms with Gasteiger partial charge in [0.05, 0.1) is 23.3 Å². The zero-order valence-corrected chi connectivity index (χ0v) is 21.8. The van der Waals surface area contributed by atoms with E-state index in [-0.39, 0.29) is 0 Å². The fourth-order valence-corrected chi connectivity index (χ4v) is 7.44. The molecule has 4 aliphatic heterocycles.